The van der Waals surface area contributed by atoms with Crippen LogP contribution in [0.1, 0.15) is 22.5 Å². The Morgan fingerprint density at radius 1 is 0.800 bits per heavy atom. The highest BCUT2D eigenvalue weighted by Gasteiger charge is 1.98. The van der Waals surface area contributed by atoms with Crippen LogP contribution in [-0.4, -0.2) is 9.97 Å². The Hall–Kier alpha value is -2.86. The molecule has 0 aliphatic heterocycles. The topological polar surface area (TPSA) is 73.4 Å². The Morgan fingerprint density at radius 2 is 1.15 bits per heavy atom. The van der Waals surface area contributed by atoms with E-state index in [1.807, 2.05) is 12.1 Å². The molecule has 0 aliphatic carbocycles. The molecule has 2 aromatic heterocycles. The fraction of sp³-hybridized carbons (Fsp3) is 0.143. The zero-order chi connectivity index (χ0) is 15.1. The molecule has 0 fully saturated rings. The Morgan fingerprint density at radius 3 is 1.40 bits per heavy atom. The van der Waals surface area contributed by atoms with Gasteiger partial charge in [-0.25, -0.2) is 9.97 Å². The maximum absolute atomic E-state index is 12.3. The summed E-state index contributed by atoms with van der Waals surface area (Å²) in [6.07, 6.45) is 0. The van der Waals surface area contributed by atoms with Crippen molar-refractivity contribution < 1.29 is 8.78 Å². The molecule has 0 saturated carbocycles. The molecular weight excluding hydrogens is 262 g/mol. The summed E-state index contributed by atoms with van der Waals surface area (Å²) in [5, 5.41) is 16.8. The lowest BCUT2D eigenvalue weighted by molar-refractivity contribution is 0.579. The lowest BCUT2D eigenvalue weighted by Gasteiger charge is -1.92. The lowest BCUT2D eigenvalue weighted by Crippen LogP contribution is -1.89. The van der Waals surface area contributed by atoms with Crippen molar-refractivity contribution in [2.24, 2.45) is 0 Å². The molecule has 4 nitrogen and oxygen atoms in total. The van der Waals surface area contributed by atoms with Gasteiger partial charge in [-0.2, -0.15) is 19.3 Å². The summed E-state index contributed by atoms with van der Waals surface area (Å²) in [5.41, 5.74) is 1.70. The van der Waals surface area contributed by atoms with E-state index in [9.17, 15) is 8.78 Å². The summed E-state index contributed by atoms with van der Waals surface area (Å²) in [7, 11) is 0. The van der Waals surface area contributed by atoms with Gasteiger partial charge < -0.3 is 0 Å². The molecule has 0 saturated heterocycles. The van der Waals surface area contributed by atoms with Crippen LogP contribution in [0.2, 0.25) is 0 Å². The van der Waals surface area contributed by atoms with Crippen molar-refractivity contribution in [1.29, 1.82) is 10.5 Å². The molecule has 0 unspecified atom stereocenters. The Bertz CT molecular complexity index is 638. The largest absolute Gasteiger partial charge is 0.224 e. The van der Waals surface area contributed by atoms with Crippen molar-refractivity contribution in [3.63, 3.8) is 0 Å². The van der Waals surface area contributed by atoms with Crippen molar-refractivity contribution >= 4 is 0 Å². The summed E-state index contributed by atoms with van der Waals surface area (Å²) in [6, 6.07) is 8.96. The van der Waals surface area contributed by atoms with E-state index in [0.717, 1.165) is 0 Å². The summed E-state index contributed by atoms with van der Waals surface area (Å²) < 4.78 is 24.5. The number of nitrogens with zero attached hydrogens (tertiary/aromatic N) is 4. The van der Waals surface area contributed by atoms with E-state index in [1.54, 1.807) is 13.8 Å². The van der Waals surface area contributed by atoms with Gasteiger partial charge in [0, 0.05) is 0 Å². The number of pyridine rings is 2. The molecule has 0 aliphatic rings. The van der Waals surface area contributed by atoms with Crippen LogP contribution in [-0.2, 0) is 0 Å². The number of aromatic nitrogens is 2. The van der Waals surface area contributed by atoms with Gasteiger partial charge in [-0.3, -0.25) is 0 Å². The maximum Gasteiger partial charge on any atom is 0.213 e. The van der Waals surface area contributed by atoms with E-state index in [-0.39, 0.29) is 0 Å². The third kappa shape index (κ3) is 4.11. The van der Waals surface area contributed by atoms with Gasteiger partial charge in [0.15, 0.2) is 0 Å². The summed E-state index contributed by atoms with van der Waals surface area (Å²) in [4.78, 5) is 6.91. The predicted molar refractivity (Wildman–Crippen MR) is 67.3 cm³/mol. The number of nitriles is 2. The predicted octanol–water partition coefficient (Wildman–Crippen LogP) is 2.80. The number of halogens is 2. The molecular formula is C14H10F2N4. The first-order chi connectivity index (χ1) is 9.47. The van der Waals surface area contributed by atoms with E-state index >= 15 is 0 Å². The first kappa shape index (κ1) is 15.2. The zero-order valence-corrected chi connectivity index (χ0v) is 10.9. The van der Waals surface area contributed by atoms with Crippen LogP contribution in [0.3, 0.4) is 0 Å². The molecule has 2 aromatic rings. The second-order valence-electron chi connectivity index (χ2n) is 3.76. The average Bonchev–Trinajstić information content (AvgIpc) is 2.40. The molecule has 0 N–H and O–H groups in total. The third-order valence-electron chi connectivity index (χ3n) is 2.34. The highest BCUT2D eigenvalue weighted by Crippen LogP contribution is 2.03. The second kappa shape index (κ2) is 6.91. The normalized spacial score (nSPS) is 8.90. The Kier molecular flexibility index (Phi) is 5.25. The van der Waals surface area contributed by atoms with E-state index in [4.69, 9.17) is 10.5 Å². The van der Waals surface area contributed by atoms with Crippen molar-refractivity contribution in [3.05, 3.63) is 58.7 Å². The zero-order valence-electron chi connectivity index (χ0n) is 10.9. The Balaban J connectivity index is 0.000000200. The molecule has 0 radical (unpaired) electrons. The number of hydrogen-bond acceptors (Lipinski definition) is 4. The molecule has 0 amide bonds. The van der Waals surface area contributed by atoms with Crippen LogP contribution in [0.25, 0.3) is 0 Å². The summed E-state index contributed by atoms with van der Waals surface area (Å²) >= 11 is 0. The van der Waals surface area contributed by atoms with Gasteiger partial charge in [0.2, 0.25) is 11.9 Å². The van der Waals surface area contributed by atoms with Gasteiger partial charge in [0.05, 0.1) is 22.5 Å². The van der Waals surface area contributed by atoms with E-state index < -0.39 is 11.9 Å². The highest BCUT2D eigenvalue weighted by molar-refractivity contribution is 5.32. The molecule has 100 valence electrons. The lowest BCUT2D eigenvalue weighted by atomic mass is 10.2. The molecule has 2 heterocycles. The number of hydrogen-bond donors (Lipinski definition) is 0. The monoisotopic (exact) mass is 272 g/mol. The van der Waals surface area contributed by atoms with Crippen molar-refractivity contribution in [2.75, 3.05) is 0 Å². The average molecular weight is 272 g/mol. The van der Waals surface area contributed by atoms with Crippen molar-refractivity contribution in [2.45, 2.75) is 13.8 Å². The van der Waals surface area contributed by atoms with Gasteiger partial charge in [-0.15, -0.1) is 0 Å². The smallest absolute Gasteiger partial charge is 0.213 e. The van der Waals surface area contributed by atoms with Crippen LogP contribution in [0, 0.1) is 48.4 Å². The van der Waals surface area contributed by atoms with Gasteiger partial charge in [0.25, 0.3) is 0 Å². The molecule has 0 atom stereocenters. The first-order valence-corrected chi connectivity index (χ1v) is 5.54. The van der Waals surface area contributed by atoms with Gasteiger partial charge in [-0.05, 0) is 38.1 Å². The van der Waals surface area contributed by atoms with Crippen LogP contribution >= 0.6 is 0 Å². The van der Waals surface area contributed by atoms with E-state index in [1.165, 1.54) is 24.3 Å². The van der Waals surface area contributed by atoms with Crippen LogP contribution in [0.5, 0.6) is 0 Å². The quantitative estimate of drug-likeness (QED) is 0.691. The van der Waals surface area contributed by atoms with Crippen LogP contribution in [0.4, 0.5) is 8.78 Å². The van der Waals surface area contributed by atoms with Gasteiger partial charge in [-0.1, -0.05) is 0 Å². The van der Waals surface area contributed by atoms with Gasteiger partial charge >= 0.3 is 0 Å². The molecule has 0 bridgehead atoms. The maximum atomic E-state index is 12.3. The number of aryl methyl sites for hydroxylation is 2. The summed E-state index contributed by atoms with van der Waals surface area (Å²) in [5.74, 6) is -1.09. The molecule has 0 aromatic carbocycles. The van der Waals surface area contributed by atoms with Gasteiger partial charge in [0.1, 0.15) is 12.1 Å². The molecule has 0 spiro atoms. The van der Waals surface area contributed by atoms with E-state index in [2.05, 4.69) is 9.97 Å². The van der Waals surface area contributed by atoms with Crippen molar-refractivity contribution in [3.8, 4) is 12.1 Å². The van der Waals surface area contributed by atoms with Crippen LogP contribution < -0.4 is 0 Å². The number of rotatable bonds is 0. The standard InChI is InChI=1S/2C7H5FN2/c2*1-5-6(4-9)2-3-7(8)10-5/h2*2-3H,1H3. The third-order valence-corrected chi connectivity index (χ3v) is 2.34. The molecule has 20 heavy (non-hydrogen) atoms. The van der Waals surface area contributed by atoms with E-state index in [0.29, 0.717) is 22.5 Å². The summed E-state index contributed by atoms with van der Waals surface area (Å²) in [6.45, 7) is 3.20. The minimum absolute atomic E-state index is 0.418. The van der Waals surface area contributed by atoms with Crippen molar-refractivity contribution in [1.82, 2.24) is 9.97 Å². The fourth-order valence-electron chi connectivity index (χ4n) is 1.30. The minimum atomic E-state index is -0.545. The highest BCUT2D eigenvalue weighted by atomic mass is 19.1. The van der Waals surface area contributed by atoms with Crippen LogP contribution in [0.15, 0.2) is 24.3 Å². The molecule has 2 rings (SSSR count). The Labute approximate surface area is 115 Å². The second-order valence-corrected chi connectivity index (χ2v) is 3.76. The fourth-order valence-corrected chi connectivity index (χ4v) is 1.30. The molecule has 6 heteroatoms. The minimum Gasteiger partial charge on any atom is -0.224 e. The SMILES string of the molecule is Cc1nc(F)ccc1C#N.Cc1nc(F)ccc1C#N. The first-order valence-electron chi connectivity index (χ1n) is 5.54.